The summed E-state index contributed by atoms with van der Waals surface area (Å²) in [6.45, 7) is 11.4. The summed E-state index contributed by atoms with van der Waals surface area (Å²) < 4.78 is 1.97. The lowest BCUT2D eigenvalue weighted by atomic mass is 10.3. The van der Waals surface area contributed by atoms with Crippen LogP contribution in [0.3, 0.4) is 0 Å². The summed E-state index contributed by atoms with van der Waals surface area (Å²) >= 11 is 0. The van der Waals surface area contributed by atoms with Crippen molar-refractivity contribution in [2.75, 3.05) is 13.1 Å². The van der Waals surface area contributed by atoms with Gasteiger partial charge in [0.2, 0.25) is 5.91 Å². The van der Waals surface area contributed by atoms with E-state index in [1.165, 1.54) is 0 Å². The first kappa shape index (κ1) is 14.3. The molecule has 0 N–H and O–H groups in total. The third kappa shape index (κ3) is 2.90. The van der Waals surface area contributed by atoms with Gasteiger partial charge in [-0.25, -0.2) is 4.98 Å². The minimum atomic E-state index is 0.0988. The molecule has 1 heterocycles. The molecule has 0 unspecified atom stereocenters. The van der Waals surface area contributed by atoms with Gasteiger partial charge in [-0.2, -0.15) is 0 Å². The van der Waals surface area contributed by atoms with E-state index in [4.69, 9.17) is 0 Å². The fourth-order valence-electron chi connectivity index (χ4n) is 2.33. The Labute approximate surface area is 119 Å². The van der Waals surface area contributed by atoms with Crippen molar-refractivity contribution in [3.05, 3.63) is 42.2 Å². The molecule has 2 aromatic rings. The van der Waals surface area contributed by atoms with E-state index in [0.717, 1.165) is 22.4 Å². The minimum absolute atomic E-state index is 0.0988. The largest absolute Gasteiger partial charge is 0.337 e. The molecule has 0 saturated heterocycles. The molecule has 0 radical (unpaired) electrons. The van der Waals surface area contributed by atoms with Crippen LogP contribution in [0.2, 0.25) is 0 Å². The van der Waals surface area contributed by atoms with E-state index in [1.54, 1.807) is 0 Å². The van der Waals surface area contributed by atoms with Crippen molar-refractivity contribution in [2.24, 2.45) is 0 Å². The molecule has 0 bridgehead atoms. The lowest BCUT2D eigenvalue weighted by molar-refractivity contribution is -0.131. The zero-order valence-electron chi connectivity index (χ0n) is 12.4. The molecule has 4 nitrogen and oxygen atoms in total. The van der Waals surface area contributed by atoms with Gasteiger partial charge in [0, 0.05) is 13.1 Å². The highest BCUT2D eigenvalue weighted by atomic mass is 16.2. The van der Waals surface area contributed by atoms with E-state index in [-0.39, 0.29) is 5.91 Å². The van der Waals surface area contributed by atoms with Crippen LogP contribution < -0.4 is 0 Å². The summed E-state index contributed by atoms with van der Waals surface area (Å²) in [5.41, 5.74) is 2.93. The zero-order chi connectivity index (χ0) is 14.7. The summed E-state index contributed by atoms with van der Waals surface area (Å²) in [4.78, 5) is 18.7. The smallest absolute Gasteiger partial charge is 0.242 e. The van der Waals surface area contributed by atoms with Crippen LogP contribution in [0.1, 0.15) is 19.7 Å². The van der Waals surface area contributed by atoms with Gasteiger partial charge < -0.3 is 9.47 Å². The van der Waals surface area contributed by atoms with Gasteiger partial charge in [0.05, 0.1) is 11.0 Å². The number of nitrogens with zero attached hydrogens (tertiary/aromatic N) is 3. The van der Waals surface area contributed by atoms with Crippen LogP contribution in [0.5, 0.6) is 0 Å². The van der Waals surface area contributed by atoms with Crippen LogP contribution in [0.4, 0.5) is 0 Å². The lowest BCUT2D eigenvalue weighted by Gasteiger charge is -2.21. The fraction of sp³-hybridized carbons (Fsp3) is 0.375. The van der Waals surface area contributed by atoms with E-state index < -0.39 is 0 Å². The first-order chi connectivity index (χ1) is 9.52. The molecule has 1 aromatic heterocycles. The molecule has 4 heteroatoms. The average molecular weight is 271 g/mol. The molecule has 0 aliphatic rings. The van der Waals surface area contributed by atoms with Gasteiger partial charge in [0.25, 0.3) is 0 Å². The molecule has 0 saturated carbocycles. The number of amides is 1. The van der Waals surface area contributed by atoms with Crippen LogP contribution >= 0.6 is 0 Å². The first-order valence-electron chi connectivity index (χ1n) is 6.87. The van der Waals surface area contributed by atoms with E-state index >= 15 is 0 Å². The van der Waals surface area contributed by atoms with Crippen LogP contribution in [0.25, 0.3) is 11.0 Å². The molecule has 0 spiro atoms. The van der Waals surface area contributed by atoms with Gasteiger partial charge in [-0.3, -0.25) is 4.79 Å². The maximum Gasteiger partial charge on any atom is 0.242 e. The number of carbonyl (C=O) groups is 1. The predicted octanol–water partition coefficient (Wildman–Crippen LogP) is 2.77. The van der Waals surface area contributed by atoms with E-state index in [2.05, 4.69) is 11.6 Å². The van der Waals surface area contributed by atoms with Crippen molar-refractivity contribution in [3.63, 3.8) is 0 Å². The van der Waals surface area contributed by atoms with Crippen molar-refractivity contribution in [3.8, 4) is 0 Å². The van der Waals surface area contributed by atoms with Gasteiger partial charge >= 0.3 is 0 Å². The average Bonchev–Trinajstić information content (AvgIpc) is 2.72. The number of aromatic nitrogens is 2. The molecular weight excluding hydrogens is 250 g/mol. The summed E-state index contributed by atoms with van der Waals surface area (Å²) in [7, 11) is 0. The van der Waals surface area contributed by atoms with Crippen molar-refractivity contribution < 1.29 is 4.79 Å². The summed E-state index contributed by atoms with van der Waals surface area (Å²) in [5, 5.41) is 0. The highest BCUT2D eigenvalue weighted by Crippen LogP contribution is 2.15. The first-order valence-corrected chi connectivity index (χ1v) is 6.87. The Morgan fingerprint density at radius 3 is 2.75 bits per heavy atom. The maximum absolute atomic E-state index is 12.4. The van der Waals surface area contributed by atoms with Crippen molar-refractivity contribution in [1.82, 2.24) is 14.5 Å². The highest BCUT2D eigenvalue weighted by Gasteiger charge is 2.15. The number of benzene rings is 1. The number of likely N-dealkylation sites (N-methyl/N-ethyl adjacent to an activating group) is 1. The monoisotopic (exact) mass is 271 g/mol. The van der Waals surface area contributed by atoms with Crippen molar-refractivity contribution in [2.45, 2.75) is 27.3 Å². The Morgan fingerprint density at radius 1 is 1.40 bits per heavy atom. The van der Waals surface area contributed by atoms with Crippen LogP contribution in [0, 0.1) is 6.92 Å². The molecular formula is C16H21N3O. The van der Waals surface area contributed by atoms with E-state index in [9.17, 15) is 4.79 Å². The Kier molecular flexibility index (Phi) is 4.23. The number of imidazole rings is 1. The molecule has 0 atom stereocenters. The molecule has 1 aromatic carbocycles. The number of rotatable bonds is 5. The summed E-state index contributed by atoms with van der Waals surface area (Å²) in [6.07, 6.45) is 0. The van der Waals surface area contributed by atoms with Crippen molar-refractivity contribution >= 4 is 16.9 Å². The van der Waals surface area contributed by atoms with Gasteiger partial charge in [-0.15, -0.1) is 0 Å². The Balaban J connectivity index is 2.25. The molecule has 106 valence electrons. The number of fused-ring (bicyclic) bond motifs is 1. The zero-order valence-corrected chi connectivity index (χ0v) is 12.4. The second-order valence-electron chi connectivity index (χ2n) is 5.10. The van der Waals surface area contributed by atoms with Gasteiger partial charge in [0.15, 0.2) is 0 Å². The Hall–Kier alpha value is -2.10. The lowest BCUT2D eigenvalue weighted by Crippen LogP contribution is -2.35. The summed E-state index contributed by atoms with van der Waals surface area (Å²) in [5.74, 6) is 0.965. The van der Waals surface area contributed by atoms with Crippen LogP contribution in [0.15, 0.2) is 36.4 Å². The number of aryl methyl sites for hydroxylation is 1. The fourth-order valence-corrected chi connectivity index (χ4v) is 2.33. The van der Waals surface area contributed by atoms with Gasteiger partial charge in [-0.1, -0.05) is 24.3 Å². The number of hydrogen-bond acceptors (Lipinski definition) is 2. The molecule has 0 fully saturated rings. The normalized spacial score (nSPS) is 10.8. The van der Waals surface area contributed by atoms with E-state index in [1.807, 2.05) is 54.5 Å². The number of carbonyl (C=O) groups excluding carboxylic acids is 1. The predicted molar refractivity (Wildman–Crippen MR) is 81.5 cm³/mol. The molecule has 20 heavy (non-hydrogen) atoms. The third-order valence-corrected chi connectivity index (χ3v) is 3.33. The maximum atomic E-state index is 12.4. The number of para-hydroxylation sites is 2. The standard InChI is InChI=1S/C16H21N3O/c1-5-18(10-12(2)3)16(20)11-19-13(4)17-14-8-6-7-9-15(14)19/h6-9H,2,5,10-11H2,1,3-4H3. The number of hydrogen-bond donors (Lipinski definition) is 0. The molecule has 1 amide bonds. The molecule has 0 aliphatic heterocycles. The SMILES string of the molecule is C=C(C)CN(CC)C(=O)Cn1c(C)nc2ccccc21. The molecule has 0 aliphatic carbocycles. The molecule has 2 rings (SSSR count). The quantitative estimate of drug-likeness (QED) is 0.784. The van der Waals surface area contributed by atoms with Gasteiger partial charge in [0.1, 0.15) is 12.4 Å². The second kappa shape index (κ2) is 5.90. The third-order valence-electron chi connectivity index (χ3n) is 3.33. The topological polar surface area (TPSA) is 38.1 Å². The van der Waals surface area contributed by atoms with E-state index in [0.29, 0.717) is 19.6 Å². The van der Waals surface area contributed by atoms with Gasteiger partial charge in [-0.05, 0) is 32.9 Å². The van der Waals surface area contributed by atoms with Crippen LogP contribution in [-0.2, 0) is 11.3 Å². The Bertz CT molecular complexity index is 642. The second-order valence-corrected chi connectivity index (χ2v) is 5.10. The minimum Gasteiger partial charge on any atom is -0.337 e. The highest BCUT2D eigenvalue weighted by molar-refractivity contribution is 5.81. The Morgan fingerprint density at radius 2 is 2.10 bits per heavy atom. The van der Waals surface area contributed by atoms with Crippen LogP contribution in [-0.4, -0.2) is 33.4 Å². The van der Waals surface area contributed by atoms with Crippen molar-refractivity contribution in [1.29, 1.82) is 0 Å². The summed E-state index contributed by atoms with van der Waals surface area (Å²) in [6, 6.07) is 7.89.